The van der Waals surface area contributed by atoms with E-state index in [0.717, 1.165) is 6.54 Å². The number of rotatable bonds is 4. The maximum Gasteiger partial charge on any atom is 0.0302 e. The molecule has 68 valence electrons. The van der Waals surface area contributed by atoms with E-state index >= 15 is 0 Å². The molecule has 3 heteroatoms. The minimum Gasteiger partial charge on any atom is -0.309 e. The van der Waals surface area contributed by atoms with E-state index < -0.39 is 0 Å². The first kappa shape index (κ1) is 10.2. The van der Waals surface area contributed by atoms with E-state index in [2.05, 4.69) is 46.5 Å². The summed E-state index contributed by atoms with van der Waals surface area (Å²) in [6.07, 6.45) is 1.19. The van der Waals surface area contributed by atoms with Crippen molar-refractivity contribution in [2.75, 3.05) is 0 Å². The Hall–Kier alpha value is 0.140. The fourth-order valence-electron chi connectivity index (χ4n) is 0.866. The van der Waals surface area contributed by atoms with Crippen molar-refractivity contribution in [1.29, 1.82) is 0 Å². The third kappa shape index (κ3) is 3.25. The van der Waals surface area contributed by atoms with Crippen LogP contribution in [0.5, 0.6) is 0 Å². The third-order valence-corrected chi connectivity index (χ3v) is 3.56. The van der Waals surface area contributed by atoms with Crippen molar-refractivity contribution in [3.8, 4) is 0 Å². The van der Waals surface area contributed by atoms with Crippen LogP contribution in [0.25, 0.3) is 0 Å². The average molecular weight is 248 g/mol. The summed E-state index contributed by atoms with van der Waals surface area (Å²) in [7, 11) is 0. The molecule has 1 heterocycles. The number of nitrogens with one attached hydrogen (secondary N) is 1. The largest absolute Gasteiger partial charge is 0.309 e. The summed E-state index contributed by atoms with van der Waals surface area (Å²) in [5.74, 6) is 0. The zero-order valence-electron chi connectivity index (χ0n) is 7.43. The van der Waals surface area contributed by atoms with Gasteiger partial charge in [0.2, 0.25) is 0 Å². The molecule has 0 saturated heterocycles. The standard InChI is InChI=1S/C9H14BrNS/c1-3-7(2)11-5-9-4-8(10)6-12-9/h4,6-7,11H,3,5H2,1-2H3/t7-/m1/s1. The molecule has 0 aromatic carbocycles. The van der Waals surface area contributed by atoms with Crippen molar-refractivity contribution < 1.29 is 0 Å². The molecule has 0 aliphatic heterocycles. The Labute approximate surface area is 86.3 Å². The highest BCUT2D eigenvalue weighted by Gasteiger charge is 1.99. The second kappa shape index (κ2) is 5.00. The van der Waals surface area contributed by atoms with E-state index in [1.165, 1.54) is 15.8 Å². The third-order valence-electron chi connectivity index (χ3n) is 1.86. The summed E-state index contributed by atoms with van der Waals surface area (Å²) in [6.45, 7) is 5.40. The molecule has 1 nitrogen and oxygen atoms in total. The maximum absolute atomic E-state index is 3.45. The van der Waals surface area contributed by atoms with Crippen molar-refractivity contribution in [2.24, 2.45) is 0 Å². The smallest absolute Gasteiger partial charge is 0.0302 e. The number of halogens is 1. The topological polar surface area (TPSA) is 12.0 Å². The second-order valence-electron chi connectivity index (χ2n) is 2.92. The van der Waals surface area contributed by atoms with Crippen molar-refractivity contribution in [2.45, 2.75) is 32.9 Å². The molecule has 1 atom stereocenters. The van der Waals surface area contributed by atoms with Crippen LogP contribution in [0.3, 0.4) is 0 Å². The molecule has 0 saturated carbocycles. The molecule has 0 unspecified atom stereocenters. The molecule has 0 spiro atoms. The van der Waals surface area contributed by atoms with Gasteiger partial charge >= 0.3 is 0 Å². The van der Waals surface area contributed by atoms with Gasteiger partial charge in [-0.3, -0.25) is 0 Å². The van der Waals surface area contributed by atoms with Gasteiger partial charge in [0, 0.05) is 27.3 Å². The van der Waals surface area contributed by atoms with E-state index in [9.17, 15) is 0 Å². The van der Waals surface area contributed by atoms with Gasteiger partial charge < -0.3 is 5.32 Å². The number of hydrogen-bond donors (Lipinski definition) is 1. The molecule has 1 aromatic heterocycles. The molecule has 0 aliphatic carbocycles. The Morgan fingerprint density at radius 1 is 1.67 bits per heavy atom. The molecule has 0 fully saturated rings. The van der Waals surface area contributed by atoms with Crippen LogP contribution in [-0.2, 0) is 6.54 Å². The second-order valence-corrected chi connectivity index (χ2v) is 4.83. The lowest BCUT2D eigenvalue weighted by Gasteiger charge is -2.09. The summed E-state index contributed by atoms with van der Waals surface area (Å²) in [4.78, 5) is 1.39. The van der Waals surface area contributed by atoms with Gasteiger partial charge in [-0.1, -0.05) is 6.92 Å². The predicted molar refractivity (Wildman–Crippen MR) is 58.6 cm³/mol. The minimum atomic E-state index is 0.617. The Morgan fingerprint density at radius 3 is 2.92 bits per heavy atom. The van der Waals surface area contributed by atoms with Crippen LogP contribution in [0.2, 0.25) is 0 Å². The lowest BCUT2D eigenvalue weighted by Crippen LogP contribution is -2.23. The Bertz CT molecular complexity index is 234. The van der Waals surface area contributed by atoms with Crippen molar-refractivity contribution in [3.63, 3.8) is 0 Å². The van der Waals surface area contributed by atoms with E-state index in [0.29, 0.717) is 6.04 Å². The van der Waals surface area contributed by atoms with Crippen molar-refractivity contribution in [3.05, 3.63) is 20.8 Å². The van der Waals surface area contributed by atoms with Gasteiger partial charge in [-0.2, -0.15) is 0 Å². The van der Waals surface area contributed by atoms with Gasteiger partial charge in [0.05, 0.1) is 0 Å². The first-order valence-electron chi connectivity index (χ1n) is 4.18. The van der Waals surface area contributed by atoms with E-state index in [-0.39, 0.29) is 0 Å². The van der Waals surface area contributed by atoms with Crippen LogP contribution in [0.4, 0.5) is 0 Å². The molecule has 1 rings (SSSR count). The number of thiophene rings is 1. The zero-order chi connectivity index (χ0) is 8.97. The van der Waals surface area contributed by atoms with Gasteiger partial charge in [-0.25, -0.2) is 0 Å². The molecule has 12 heavy (non-hydrogen) atoms. The number of hydrogen-bond acceptors (Lipinski definition) is 2. The summed E-state index contributed by atoms with van der Waals surface area (Å²) >= 11 is 5.23. The van der Waals surface area contributed by atoms with Crippen LogP contribution in [0.1, 0.15) is 25.1 Å². The summed E-state index contributed by atoms with van der Waals surface area (Å²) < 4.78 is 1.19. The molecule has 0 bridgehead atoms. The van der Waals surface area contributed by atoms with E-state index in [4.69, 9.17) is 0 Å². The van der Waals surface area contributed by atoms with Crippen LogP contribution in [0.15, 0.2) is 15.9 Å². The van der Waals surface area contributed by atoms with Gasteiger partial charge in [0.1, 0.15) is 0 Å². The first-order valence-corrected chi connectivity index (χ1v) is 5.86. The lowest BCUT2D eigenvalue weighted by molar-refractivity contribution is 0.537. The predicted octanol–water partition coefficient (Wildman–Crippen LogP) is 3.40. The molecule has 0 aliphatic rings. The summed E-state index contributed by atoms with van der Waals surface area (Å²) in [5.41, 5.74) is 0. The van der Waals surface area contributed by atoms with Crippen LogP contribution in [0, 0.1) is 0 Å². The molecule has 1 N–H and O–H groups in total. The Kier molecular flexibility index (Phi) is 4.26. The van der Waals surface area contributed by atoms with E-state index in [1.54, 1.807) is 11.3 Å². The summed E-state index contributed by atoms with van der Waals surface area (Å²) in [6, 6.07) is 2.78. The van der Waals surface area contributed by atoms with Crippen molar-refractivity contribution in [1.82, 2.24) is 5.32 Å². The zero-order valence-corrected chi connectivity index (χ0v) is 9.83. The Morgan fingerprint density at radius 2 is 2.42 bits per heavy atom. The summed E-state index contributed by atoms with van der Waals surface area (Å²) in [5, 5.41) is 5.57. The molecular weight excluding hydrogens is 234 g/mol. The normalized spacial score (nSPS) is 13.2. The average Bonchev–Trinajstić information content (AvgIpc) is 2.47. The van der Waals surface area contributed by atoms with Crippen molar-refractivity contribution >= 4 is 27.3 Å². The molecule has 0 radical (unpaired) electrons. The van der Waals surface area contributed by atoms with Crippen LogP contribution < -0.4 is 5.32 Å². The molecule has 1 aromatic rings. The molecule has 0 amide bonds. The minimum absolute atomic E-state index is 0.617. The first-order chi connectivity index (χ1) is 5.72. The fraction of sp³-hybridized carbons (Fsp3) is 0.556. The van der Waals surface area contributed by atoms with Crippen LogP contribution in [-0.4, -0.2) is 6.04 Å². The van der Waals surface area contributed by atoms with Gasteiger partial charge in [-0.05, 0) is 35.3 Å². The lowest BCUT2D eigenvalue weighted by atomic mass is 10.2. The highest BCUT2D eigenvalue weighted by Crippen LogP contribution is 2.19. The van der Waals surface area contributed by atoms with Gasteiger partial charge in [0.25, 0.3) is 0 Å². The van der Waals surface area contributed by atoms with E-state index in [1.807, 2.05) is 0 Å². The van der Waals surface area contributed by atoms with Gasteiger partial charge in [0.15, 0.2) is 0 Å². The van der Waals surface area contributed by atoms with Gasteiger partial charge in [-0.15, -0.1) is 11.3 Å². The van der Waals surface area contributed by atoms with Crippen LogP contribution >= 0.6 is 27.3 Å². The fourth-order valence-corrected chi connectivity index (χ4v) is 2.27. The highest BCUT2D eigenvalue weighted by atomic mass is 79.9. The molecular formula is C9H14BrNS. The SMILES string of the molecule is CC[C@@H](C)NCc1cc(Br)cs1. The highest BCUT2D eigenvalue weighted by molar-refractivity contribution is 9.10. The maximum atomic E-state index is 3.45. The monoisotopic (exact) mass is 247 g/mol. The quantitative estimate of drug-likeness (QED) is 0.861. The Balaban J connectivity index is 2.33.